The van der Waals surface area contributed by atoms with E-state index < -0.39 is 102 Å². The Labute approximate surface area is 354 Å². The highest BCUT2D eigenvalue weighted by molar-refractivity contribution is 5.96. The molecule has 15 nitrogen and oxygen atoms in total. The van der Waals surface area contributed by atoms with E-state index in [-0.39, 0.29) is 36.7 Å². The van der Waals surface area contributed by atoms with Gasteiger partial charge in [-0.15, -0.1) is 0 Å². The number of carbonyl (C=O) groups excluding carboxylic acids is 7. The first-order valence-corrected chi connectivity index (χ1v) is 20.7. The number of hydrogen-bond donors (Lipinski definition) is 5. The molecule has 16 heteroatoms. The van der Waals surface area contributed by atoms with Gasteiger partial charge in [0.05, 0.1) is 18.7 Å². The molecule has 0 bridgehead atoms. The first kappa shape index (κ1) is 51.0. The first-order valence-electron chi connectivity index (χ1n) is 20.7. The summed E-state index contributed by atoms with van der Waals surface area (Å²) in [5.74, 6) is -6.26. The van der Waals surface area contributed by atoms with E-state index in [0.29, 0.717) is 12.0 Å². The van der Waals surface area contributed by atoms with Crippen molar-refractivity contribution in [3.8, 4) is 0 Å². The van der Waals surface area contributed by atoms with Crippen molar-refractivity contribution in [2.45, 2.75) is 137 Å². The van der Waals surface area contributed by atoms with Crippen molar-refractivity contribution < 1.29 is 47.8 Å². The van der Waals surface area contributed by atoms with Crippen LogP contribution in [0.3, 0.4) is 0 Å². The third-order valence-corrected chi connectivity index (χ3v) is 11.1. The van der Waals surface area contributed by atoms with Gasteiger partial charge in [-0.25, -0.2) is 9.18 Å². The van der Waals surface area contributed by atoms with Crippen LogP contribution in [0.15, 0.2) is 47.6 Å². The number of aliphatic hydroxyl groups is 1. The van der Waals surface area contributed by atoms with Gasteiger partial charge in [-0.05, 0) is 77.0 Å². The number of nitrogens with zero attached hydrogens (tertiary/aromatic N) is 2. The predicted octanol–water partition coefficient (Wildman–Crippen LogP) is 2.95. The molecule has 2 rings (SSSR count). The van der Waals surface area contributed by atoms with E-state index in [4.69, 9.17) is 4.74 Å². The van der Waals surface area contributed by atoms with Crippen molar-refractivity contribution >= 4 is 41.4 Å². The summed E-state index contributed by atoms with van der Waals surface area (Å²) in [4.78, 5) is 98.0. The van der Waals surface area contributed by atoms with Crippen LogP contribution in [0.4, 0.5) is 4.39 Å². The zero-order chi connectivity index (χ0) is 45.6. The number of halogens is 1. The van der Waals surface area contributed by atoms with Gasteiger partial charge >= 0.3 is 5.97 Å². The summed E-state index contributed by atoms with van der Waals surface area (Å²) < 4.78 is 19.5. The second-order valence-electron chi connectivity index (χ2n) is 16.5. The fourth-order valence-electron chi connectivity index (χ4n) is 6.69. The van der Waals surface area contributed by atoms with Gasteiger partial charge in [0.15, 0.2) is 6.10 Å². The number of benzene rings is 1. The third kappa shape index (κ3) is 14.9. The van der Waals surface area contributed by atoms with Gasteiger partial charge in [-0.1, -0.05) is 70.9 Å². The Bertz CT molecular complexity index is 1750. The van der Waals surface area contributed by atoms with Crippen LogP contribution in [-0.2, 0) is 44.7 Å². The van der Waals surface area contributed by atoms with Crippen molar-refractivity contribution in [2.75, 3.05) is 20.6 Å². The SMILES string of the molecule is C/C=C(\C)[C@H]1NC(=O)[C@@H](C)NC(=O)[C@H](C(C)CC)NC(=O)CN(C)C(=O)[C@@H](Cc2ccc(F)cc2)N(C)C(=O)[C@H](C)NC(=O)[C@@H](CC(C)C)OC(=O)/C(C)=C/C[C@H](O)[C@@H]1C. The molecule has 60 heavy (non-hydrogen) atoms. The quantitative estimate of drug-likeness (QED) is 0.202. The molecule has 1 aliphatic rings. The molecule has 0 fully saturated rings. The molecule has 0 radical (unpaired) electrons. The normalized spacial score (nSPS) is 28.6. The minimum absolute atomic E-state index is 0.0000496. The van der Waals surface area contributed by atoms with Gasteiger partial charge in [0.25, 0.3) is 5.91 Å². The second-order valence-corrected chi connectivity index (χ2v) is 16.5. The van der Waals surface area contributed by atoms with E-state index in [1.54, 1.807) is 33.8 Å². The molecule has 5 N–H and O–H groups in total. The largest absolute Gasteiger partial charge is 0.449 e. The molecule has 334 valence electrons. The number of likely N-dealkylation sites (N-methyl/N-ethyl adjacent to an activating group) is 2. The summed E-state index contributed by atoms with van der Waals surface area (Å²) >= 11 is 0. The summed E-state index contributed by atoms with van der Waals surface area (Å²) in [6.07, 6.45) is 1.48. The molecule has 0 aliphatic carbocycles. The molecule has 0 aromatic heterocycles. The molecule has 1 unspecified atom stereocenters. The molecule has 9 atom stereocenters. The smallest absolute Gasteiger partial charge is 0.334 e. The van der Waals surface area contributed by atoms with E-state index in [1.807, 2.05) is 20.8 Å². The van der Waals surface area contributed by atoms with Gasteiger partial charge < -0.3 is 40.9 Å². The van der Waals surface area contributed by atoms with Crippen LogP contribution in [0, 0.1) is 23.6 Å². The van der Waals surface area contributed by atoms with Crippen molar-refractivity contribution in [1.82, 2.24) is 31.1 Å². The van der Waals surface area contributed by atoms with E-state index in [2.05, 4.69) is 21.3 Å². The van der Waals surface area contributed by atoms with Gasteiger partial charge in [-0.2, -0.15) is 0 Å². The van der Waals surface area contributed by atoms with Crippen LogP contribution in [-0.4, -0.2) is 119 Å². The molecule has 6 amide bonds. The maximum atomic E-state index is 14.1. The van der Waals surface area contributed by atoms with Crippen LogP contribution < -0.4 is 21.3 Å². The summed E-state index contributed by atoms with van der Waals surface area (Å²) in [5, 5.41) is 22.2. The van der Waals surface area contributed by atoms with Crippen LogP contribution in [0.5, 0.6) is 0 Å². The van der Waals surface area contributed by atoms with Crippen LogP contribution >= 0.6 is 0 Å². The Morgan fingerprint density at radius 1 is 0.900 bits per heavy atom. The Balaban J connectivity index is 2.63. The first-order chi connectivity index (χ1) is 28.0. The molecule has 0 saturated heterocycles. The second kappa shape index (κ2) is 23.6. The van der Waals surface area contributed by atoms with E-state index in [1.165, 1.54) is 65.2 Å². The standard InChI is InChI=1S/C44H67FN6O9/c1-13-25(5)37-28(8)34(52)20-15-27(7)44(59)60-35(21-24(3)4)40(55)47-30(10)42(57)51(12)33(22-31-16-18-32(45)19-17-31)43(58)50(11)23-36(53)48-38(26(6)14-2)41(56)46-29(9)39(54)49-37/h13,15-19,24,26,28-30,33-35,37-38,52H,14,20-23H2,1-12H3,(H,46,56)(H,47,55)(H,48,53)(H,49,54)/b25-13+,27-15+/t26?,28-,29+,30-,33+,34-,35+,37+,38-/m0/s1. The number of allylic oxidation sites excluding steroid dienone is 1. The number of aliphatic hydroxyl groups excluding tert-OH is 1. The van der Waals surface area contributed by atoms with Gasteiger partial charge in [0.1, 0.15) is 30.0 Å². The molecule has 0 saturated carbocycles. The summed E-state index contributed by atoms with van der Waals surface area (Å²) in [7, 11) is 2.74. The summed E-state index contributed by atoms with van der Waals surface area (Å²) in [5.41, 5.74) is 1.38. The number of carbonyl (C=O) groups is 7. The molecular formula is C44H67FN6O9. The minimum Gasteiger partial charge on any atom is -0.449 e. The maximum Gasteiger partial charge on any atom is 0.334 e. The van der Waals surface area contributed by atoms with Gasteiger partial charge in [-0.3, -0.25) is 28.8 Å². The maximum absolute atomic E-state index is 14.1. The number of ether oxygens (including phenoxy) is 1. The molecule has 1 heterocycles. The lowest BCUT2D eigenvalue weighted by molar-refractivity contribution is -0.154. The minimum atomic E-state index is -1.29. The highest BCUT2D eigenvalue weighted by Crippen LogP contribution is 2.21. The number of amides is 6. The van der Waals surface area contributed by atoms with Crippen molar-refractivity contribution in [2.24, 2.45) is 17.8 Å². The van der Waals surface area contributed by atoms with E-state index >= 15 is 0 Å². The third-order valence-electron chi connectivity index (χ3n) is 11.1. The van der Waals surface area contributed by atoms with Crippen molar-refractivity contribution in [3.05, 3.63) is 58.9 Å². The predicted molar refractivity (Wildman–Crippen MR) is 225 cm³/mol. The Morgan fingerprint density at radius 3 is 2.07 bits per heavy atom. The number of esters is 1. The lowest BCUT2D eigenvalue weighted by Crippen LogP contribution is -2.58. The lowest BCUT2D eigenvalue weighted by atomic mass is 9.88. The monoisotopic (exact) mass is 842 g/mol. The van der Waals surface area contributed by atoms with Gasteiger partial charge in [0.2, 0.25) is 29.5 Å². The Kier molecular flexibility index (Phi) is 20.1. The molecule has 1 aliphatic heterocycles. The van der Waals surface area contributed by atoms with Crippen LogP contribution in [0.2, 0.25) is 0 Å². The summed E-state index contributed by atoms with van der Waals surface area (Å²) in [6, 6.07) is 0.131. The van der Waals surface area contributed by atoms with Crippen LogP contribution in [0.1, 0.15) is 94.1 Å². The topological polar surface area (TPSA) is 204 Å². The van der Waals surface area contributed by atoms with Crippen LogP contribution in [0.25, 0.3) is 0 Å². The zero-order valence-electron chi connectivity index (χ0n) is 37.3. The number of cyclic esters (lactones) is 1. The van der Waals surface area contributed by atoms with E-state index in [9.17, 15) is 43.1 Å². The number of nitrogens with one attached hydrogen (secondary N) is 4. The molecule has 0 spiro atoms. The number of hydrogen-bond acceptors (Lipinski definition) is 9. The highest BCUT2D eigenvalue weighted by Gasteiger charge is 2.36. The van der Waals surface area contributed by atoms with Crippen molar-refractivity contribution in [1.29, 1.82) is 0 Å². The molecule has 1 aromatic carbocycles. The fourth-order valence-corrected chi connectivity index (χ4v) is 6.69. The highest BCUT2D eigenvalue weighted by atomic mass is 19.1. The average molecular weight is 843 g/mol. The van der Waals surface area contributed by atoms with Gasteiger partial charge in [0, 0.05) is 32.0 Å². The Morgan fingerprint density at radius 2 is 1.50 bits per heavy atom. The lowest BCUT2D eigenvalue weighted by Gasteiger charge is -2.33. The summed E-state index contributed by atoms with van der Waals surface area (Å²) in [6.45, 7) is 16.5. The fraction of sp³-hybridized carbons (Fsp3) is 0.614. The number of rotatable bonds is 7. The average Bonchev–Trinajstić information content (AvgIpc) is 3.20. The Hall–Kier alpha value is -5.12. The van der Waals surface area contributed by atoms with E-state index in [0.717, 1.165) is 15.4 Å². The van der Waals surface area contributed by atoms with Crippen molar-refractivity contribution in [3.63, 3.8) is 0 Å². The molecule has 1 aromatic rings. The molecular weight excluding hydrogens is 776 g/mol. The zero-order valence-corrected chi connectivity index (χ0v) is 37.3.